The zero-order valence-corrected chi connectivity index (χ0v) is 19.1. The van der Waals surface area contributed by atoms with Crippen LogP contribution in [0.2, 0.25) is 0 Å². The second-order valence-electron chi connectivity index (χ2n) is 7.07. The number of ether oxygens (including phenoxy) is 1. The van der Waals surface area contributed by atoms with Crippen LogP contribution in [0, 0.1) is 5.92 Å². The summed E-state index contributed by atoms with van der Waals surface area (Å²) in [6.45, 7) is 5.47. The summed E-state index contributed by atoms with van der Waals surface area (Å²) in [5, 5.41) is 11.3. The monoisotopic (exact) mass is 489 g/mol. The van der Waals surface area contributed by atoms with E-state index in [0.717, 1.165) is 28.8 Å². The largest absolute Gasteiger partial charge is 0.573 e. The van der Waals surface area contributed by atoms with E-state index in [-0.39, 0.29) is 22.8 Å². The number of hydrogen-bond acceptors (Lipinski definition) is 6. The van der Waals surface area contributed by atoms with Crippen LogP contribution in [0.5, 0.6) is 5.75 Å². The van der Waals surface area contributed by atoms with Gasteiger partial charge in [0.2, 0.25) is 5.91 Å². The number of alkyl halides is 3. The van der Waals surface area contributed by atoms with E-state index in [1.54, 1.807) is 19.9 Å². The highest BCUT2D eigenvalue weighted by Crippen LogP contribution is 2.33. The van der Waals surface area contributed by atoms with Crippen LogP contribution in [0.1, 0.15) is 41.6 Å². The Morgan fingerprint density at radius 3 is 2.31 bits per heavy atom. The van der Waals surface area contributed by atoms with Crippen LogP contribution in [0.3, 0.4) is 0 Å². The van der Waals surface area contributed by atoms with Gasteiger partial charge < -0.3 is 15.2 Å². The van der Waals surface area contributed by atoms with Gasteiger partial charge in [0.25, 0.3) is 0 Å². The average molecular weight is 490 g/mol. The van der Waals surface area contributed by atoms with Crippen molar-refractivity contribution in [3.05, 3.63) is 46.3 Å². The molecule has 1 aromatic heterocycles. The maximum absolute atomic E-state index is 13.0. The van der Waals surface area contributed by atoms with Crippen molar-refractivity contribution >= 4 is 45.8 Å². The van der Waals surface area contributed by atoms with Crippen molar-refractivity contribution < 1.29 is 37.4 Å². The summed E-state index contributed by atoms with van der Waals surface area (Å²) >= 11 is 2.22. The number of carboxylic acids is 1. The average Bonchev–Trinajstić information content (AvgIpc) is 3.09. The minimum Gasteiger partial charge on any atom is -0.481 e. The highest BCUT2D eigenvalue weighted by molar-refractivity contribution is 8.01. The van der Waals surface area contributed by atoms with E-state index in [1.807, 2.05) is 6.92 Å². The molecule has 2 N–H and O–H groups in total. The number of anilines is 1. The molecular formula is C21H22F3NO5S2. The molecule has 1 aromatic carbocycles. The molecule has 0 fully saturated rings. The SMILES string of the molecule is CCc1cc(C(=O)c2ccc(OC(F)(F)F)cc2)c(NC(=O)C(SCC(=O)O)C(C)C)s1. The molecule has 1 heterocycles. The molecule has 0 radical (unpaired) electrons. The van der Waals surface area contributed by atoms with Crippen LogP contribution in [0.15, 0.2) is 30.3 Å². The van der Waals surface area contributed by atoms with E-state index in [0.29, 0.717) is 11.4 Å². The molecule has 6 nitrogen and oxygen atoms in total. The first kappa shape index (κ1) is 25.7. The number of aliphatic carboxylic acids is 1. The fourth-order valence-corrected chi connectivity index (χ4v) is 4.67. The summed E-state index contributed by atoms with van der Waals surface area (Å²) in [5.41, 5.74) is 0.353. The third-order valence-corrected chi connectivity index (χ3v) is 6.94. The van der Waals surface area contributed by atoms with E-state index in [4.69, 9.17) is 5.11 Å². The van der Waals surface area contributed by atoms with Crippen LogP contribution < -0.4 is 10.1 Å². The van der Waals surface area contributed by atoms with Crippen molar-refractivity contribution in [1.82, 2.24) is 0 Å². The first-order chi connectivity index (χ1) is 14.9. The maximum atomic E-state index is 13.0. The number of nitrogens with one attached hydrogen (secondary N) is 1. The number of carbonyl (C=O) groups is 3. The zero-order chi connectivity index (χ0) is 24.1. The number of carbonyl (C=O) groups excluding carboxylic acids is 2. The summed E-state index contributed by atoms with van der Waals surface area (Å²) in [4.78, 5) is 37.5. The molecule has 32 heavy (non-hydrogen) atoms. The zero-order valence-electron chi connectivity index (χ0n) is 17.5. The number of rotatable bonds is 10. The summed E-state index contributed by atoms with van der Waals surface area (Å²) in [6.07, 6.45) is -4.22. The summed E-state index contributed by atoms with van der Waals surface area (Å²) in [6, 6.07) is 6.17. The third-order valence-electron chi connectivity index (χ3n) is 4.21. The Balaban J connectivity index is 2.26. The molecule has 0 aliphatic heterocycles. The van der Waals surface area contributed by atoms with Crippen LogP contribution in [0.4, 0.5) is 18.2 Å². The van der Waals surface area contributed by atoms with Gasteiger partial charge in [0.1, 0.15) is 10.8 Å². The van der Waals surface area contributed by atoms with Crippen molar-refractivity contribution in [1.29, 1.82) is 0 Å². The molecule has 2 aromatic rings. The number of benzene rings is 1. The number of amides is 1. The summed E-state index contributed by atoms with van der Waals surface area (Å²) in [5.74, 6) is -2.75. The van der Waals surface area contributed by atoms with Crippen LogP contribution in [0.25, 0.3) is 0 Å². The maximum Gasteiger partial charge on any atom is 0.573 e. The lowest BCUT2D eigenvalue weighted by molar-refractivity contribution is -0.274. The minimum atomic E-state index is -4.84. The molecule has 1 atom stereocenters. The van der Waals surface area contributed by atoms with E-state index in [9.17, 15) is 27.6 Å². The molecule has 0 spiro atoms. The normalized spacial score (nSPS) is 12.5. The molecule has 0 aliphatic rings. The Bertz CT molecular complexity index is 971. The van der Waals surface area contributed by atoms with E-state index in [1.165, 1.54) is 23.5 Å². The Morgan fingerprint density at radius 2 is 1.81 bits per heavy atom. The van der Waals surface area contributed by atoms with Gasteiger partial charge in [-0.2, -0.15) is 0 Å². The van der Waals surface area contributed by atoms with Crippen molar-refractivity contribution in [3.8, 4) is 5.75 Å². The molecule has 0 saturated heterocycles. The standard InChI is InChI=1S/C21H22F3NO5S2/c1-4-14-9-15(17(28)12-5-7-13(8-6-12)30-21(22,23)24)20(32-14)25-19(29)18(11(2)3)31-10-16(26)27/h5-9,11,18H,4,10H2,1-3H3,(H,25,29)(H,26,27). The Labute approximate surface area is 191 Å². The number of thioether (sulfide) groups is 1. The highest BCUT2D eigenvalue weighted by atomic mass is 32.2. The molecule has 2 rings (SSSR count). The number of thiophene rings is 1. The van der Waals surface area contributed by atoms with E-state index in [2.05, 4.69) is 10.1 Å². The summed E-state index contributed by atoms with van der Waals surface area (Å²) in [7, 11) is 0. The van der Waals surface area contributed by atoms with Crippen molar-refractivity contribution in [2.24, 2.45) is 5.92 Å². The lowest BCUT2D eigenvalue weighted by atomic mass is 10.0. The fourth-order valence-electron chi connectivity index (χ4n) is 2.76. The number of aryl methyl sites for hydroxylation is 1. The smallest absolute Gasteiger partial charge is 0.481 e. The van der Waals surface area contributed by atoms with Gasteiger partial charge in [0.05, 0.1) is 16.6 Å². The van der Waals surface area contributed by atoms with Crippen molar-refractivity contribution in [2.75, 3.05) is 11.1 Å². The number of hydrogen-bond donors (Lipinski definition) is 2. The van der Waals surface area contributed by atoms with Gasteiger partial charge in [-0.25, -0.2) is 0 Å². The first-order valence-corrected chi connectivity index (χ1v) is 11.4. The number of carboxylic acid groups (broad SMARTS) is 1. The van der Waals surface area contributed by atoms with Crippen molar-refractivity contribution in [3.63, 3.8) is 0 Å². The number of ketones is 1. The summed E-state index contributed by atoms with van der Waals surface area (Å²) < 4.78 is 40.8. The topological polar surface area (TPSA) is 92.7 Å². The van der Waals surface area contributed by atoms with Gasteiger partial charge in [-0.3, -0.25) is 14.4 Å². The molecule has 1 unspecified atom stereocenters. The minimum absolute atomic E-state index is 0.135. The van der Waals surface area contributed by atoms with Gasteiger partial charge in [-0.15, -0.1) is 36.3 Å². The number of halogens is 3. The predicted octanol–water partition coefficient (Wildman–Crippen LogP) is 5.22. The van der Waals surface area contributed by atoms with Crippen LogP contribution in [-0.2, 0) is 16.0 Å². The Hall–Kier alpha value is -2.53. The third kappa shape index (κ3) is 7.27. The van der Waals surface area contributed by atoms with Crippen LogP contribution >= 0.6 is 23.1 Å². The quantitative estimate of drug-likeness (QED) is 0.445. The molecule has 0 aliphatic carbocycles. The fraction of sp³-hybridized carbons (Fsp3) is 0.381. The highest BCUT2D eigenvalue weighted by Gasteiger charge is 2.31. The van der Waals surface area contributed by atoms with Gasteiger partial charge in [-0.05, 0) is 42.7 Å². The second kappa shape index (κ2) is 10.9. The molecule has 0 saturated carbocycles. The lowest BCUT2D eigenvalue weighted by Gasteiger charge is -2.19. The van der Waals surface area contributed by atoms with Crippen LogP contribution in [-0.4, -0.2) is 40.1 Å². The van der Waals surface area contributed by atoms with E-state index < -0.39 is 35.0 Å². The molecular weight excluding hydrogens is 467 g/mol. The molecule has 11 heteroatoms. The van der Waals surface area contributed by atoms with Gasteiger partial charge >= 0.3 is 12.3 Å². The lowest BCUT2D eigenvalue weighted by Crippen LogP contribution is -2.30. The Morgan fingerprint density at radius 1 is 1.19 bits per heavy atom. The van der Waals surface area contributed by atoms with Gasteiger partial charge in [0.15, 0.2) is 5.78 Å². The second-order valence-corrected chi connectivity index (χ2v) is 9.34. The first-order valence-electron chi connectivity index (χ1n) is 9.58. The molecule has 0 bridgehead atoms. The Kier molecular flexibility index (Phi) is 8.73. The predicted molar refractivity (Wildman–Crippen MR) is 118 cm³/mol. The van der Waals surface area contributed by atoms with Gasteiger partial charge in [-0.1, -0.05) is 20.8 Å². The molecule has 174 valence electrons. The van der Waals surface area contributed by atoms with Gasteiger partial charge in [0, 0.05) is 10.4 Å². The van der Waals surface area contributed by atoms with Crippen molar-refractivity contribution in [2.45, 2.75) is 38.8 Å². The molecule has 1 amide bonds. The van der Waals surface area contributed by atoms with E-state index >= 15 is 0 Å².